The molecule has 0 spiro atoms. The number of carboxylic acids is 1. The van der Waals surface area contributed by atoms with Crippen LogP contribution in [-0.4, -0.2) is 20.6 Å². The molecule has 0 saturated heterocycles. The first-order valence-corrected chi connectivity index (χ1v) is 4.96. The van der Waals surface area contributed by atoms with Crippen molar-refractivity contribution in [2.75, 3.05) is 0 Å². The average molecular weight is 216 g/mol. The van der Waals surface area contributed by atoms with Gasteiger partial charge in [0.05, 0.1) is 6.42 Å². The van der Waals surface area contributed by atoms with E-state index in [-0.39, 0.29) is 6.42 Å². The molecule has 16 heavy (non-hydrogen) atoms. The van der Waals surface area contributed by atoms with Crippen molar-refractivity contribution in [3.05, 3.63) is 42.2 Å². The fourth-order valence-electron chi connectivity index (χ4n) is 1.62. The summed E-state index contributed by atoms with van der Waals surface area (Å²) in [5, 5.41) is 8.73. The van der Waals surface area contributed by atoms with Crippen molar-refractivity contribution < 1.29 is 9.90 Å². The zero-order valence-electron chi connectivity index (χ0n) is 8.92. The molecule has 0 amide bonds. The minimum absolute atomic E-state index is 0.00364. The van der Waals surface area contributed by atoms with Gasteiger partial charge in [-0.25, -0.2) is 4.98 Å². The molecule has 82 valence electrons. The van der Waals surface area contributed by atoms with Crippen LogP contribution in [0, 0.1) is 0 Å². The van der Waals surface area contributed by atoms with E-state index in [1.54, 1.807) is 6.20 Å². The van der Waals surface area contributed by atoms with Crippen molar-refractivity contribution in [1.29, 1.82) is 0 Å². The lowest BCUT2D eigenvalue weighted by molar-refractivity contribution is -0.136. The van der Waals surface area contributed by atoms with Crippen molar-refractivity contribution >= 4 is 5.97 Å². The van der Waals surface area contributed by atoms with Gasteiger partial charge in [-0.3, -0.25) is 4.79 Å². The predicted octanol–water partition coefficient (Wildman–Crippen LogP) is 1.71. The van der Waals surface area contributed by atoms with Gasteiger partial charge in [0.1, 0.15) is 5.82 Å². The number of carbonyl (C=O) groups is 1. The van der Waals surface area contributed by atoms with Gasteiger partial charge in [0, 0.05) is 24.5 Å². The number of hydrogen-bond donors (Lipinski definition) is 1. The lowest BCUT2D eigenvalue weighted by Crippen LogP contribution is -2.05. The van der Waals surface area contributed by atoms with Crippen molar-refractivity contribution in [1.82, 2.24) is 9.55 Å². The number of rotatable bonds is 3. The largest absolute Gasteiger partial charge is 0.481 e. The summed E-state index contributed by atoms with van der Waals surface area (Å²) >= 11 is 0. The third-order valence-corrected chi connectivity index (χ3v) is 2.45. The van der Waals surface area contributed by atoms with Crippen LogP contribution in [0.1, 0.15) is 5.69 Å². The maximum atomic E-state index is 10.6. The zero-order chi connectivity index (χ0) is 11.5. The highest BCUT2D eigenvalue weighted by Crippen LogP contribution is 2.18. The summed E-state index contributed by atoms with van der Waals surface area (Å²) < 4.78 is 1.81. The second-order valence-corrected chi connectivity index (χ2v) is 3.57. The molecule has 0 aliphatic rings. The number of nitrogens with zero attached hydrogens (tertiary/aromatic N) is 2. The topological polar surface area (TPSA) is 55.1 Å². The molecule has 0 radical (unpaired) electrons. The van der Waals surface area contributed by atoms with Gasteiger partial charge in [-0.2, -0.15) is 0 Å². The highest BCUT2D eigenvalue weighted by Gasteiger charge is 2.10. The quantitative estimate of drug-likeness (QED) is 0.849. The Balaban J connectivity index is 2.37. The molecule has 0 atom stereocenters. The van der Waals surface area contributed by atoms with E-state index in [9.17, 15) is 4.79 Å². The molecule has 1 aromatic heterocycles. The van der Waals surface area contributed by atoms with Gasteiger partial charge in [0.2, 0.25) is 0 Å². The molecule has 2 rings (SSSR count). The highest BCUT2D eigenvalue weighted by molar-refractivity contribution is 5.70. The van der Waals surface area contributed by atoms with Crippen LogP contribution in [0.3, 0.4) is 0 Å². The number of aromatic nitrogens is 2. The molecule has 1 aromatic carbocycles. The minimum atomic E-state index is -0.845. The van der Waals surface area contributed by atoms with Gasteiger partial charge < -0.3 is 9.67 Å². The van der Waals surface area contributed by atoms with E-state index in [4.69, 9.17) is 5.11 Å². The number of hydrogen-bond acceptors (Lipinski definition) is 2. The van der Waals surface area contributed by atoms with E-state index in [1.165, 1.54) is 0 Å². The average Bonchev–Trinajstić information content (AvgIpc) is 2.61. The van der Waals surface area contributed by atoms with Gasteiger partial charge in [0.25, 0.3) is 0 Å². The van der Waals surface area contributed by atoms with Crippen LogP contribution in [0.5, 0.6) is 0 Å². The normalized spacial score (nSPS) is 10.3. The number of benzene rings is 1. The summed E-state index contributed by atoms with van der Waals surface area (Å²) in [6.07, 6.45) is 1.60. The Morgan fingerprint density at radius 1 is 1.38 bits per heavy atom. The lowest BCUT2D eigenvalue weighted by atomic mass is 10.2. The maximum Gasteiger partial charge on any atom is 0.309 e. The second-order valence-electron chi connectivity index (χ2n) is 3.57. The van der Waals surface area contributed by atoms with Gasteiger partial charge in [-0.1, -0.05) is 30.3 Å². The monoisotopic (exact) mass is 216 g/mol. The summed E-state index contributed by atoms with van der Waals surface area (Å²) in [7, 11) is 1.83. The van der Waals surface area contributed by atoms with Crippen LogP contribution in [0.2, 0.25) is 0 Å². The summed E-state index contributed by atoms with van der Waals surface area (Å²) in [6.45, 7) is 0. The molecule has 2 aromatic rings. The van der Waals surface area contributed by atoms with Crippen molar-refractivity contribution in [2.24, 2.45) is 7.05 Å². The van der Waals surface area contributed by atoms with Crippen LogP contribution < -0.4 is 0 Å². The summed E-state index contributed by atoms with van der Waals surface area (Å²) in [4.78, 5) is 14.9. The Morgan fingerprint density at radius 2 is 2.06 bits per heavy atom. The molecule has 4 nitrogen and oxygen atoms in total. The SMILES string of the molecule is Cn1c(CC(=O)O)cnc1-c1ccccc1. The summed E-state index contributed by atoms with van der Waals surface area (Å²) in [5.41, 5.74) is 1.69. The fourth-order valence-corrected chi connectivity index (χ4v) is 1.62. The van der Waals surface area contributed by atoms with Crippen molar-refractivity contribution in [2.45, 2.75) is 6.42 Å². The van der Waals surface area contributed by atoms with Crippen LogP contribution >= 0.6 is 0 Å². The van der Waals surface area contributed by atoms with Gasteiger partial charge in [-0.15, -0.1) is 0 Å². The second kappa shape index (κ2) is 4.18. The van der Waals surface area contributed by atoms with Crippen LogP contribution in [0.25, 0.3) is 11.4 Å². The lowest BCUT2D eigenvalue weighted by Gasteiger charge is -2.04. The summed E-state index contributed by atoms with van der Waals surface area (Å²) in [5.74, 6) is -0.0561. The number of carboxylic acid groups (broad SMARTS) is 1. The van der Waals surface area contributed by atoms with Crippen LogP contribution in [-0.2, 0) is 18.3 Å². The molecule has 0 unspecified atom stereocenters. The molecule has 0 aliphatic heterocycles. The van der Waals surface area contributed by atoms with Gasteiger partial charge in [0.15, 0.2) is 0 Å². The molecule has 4 heteroatoms. The molecule has 1 heterocycles. The van der Waals surface area contributed by atoms with Crippen LogP contribution in [0.15, 0.2) is 36.5 Å². The minimum Gasteiger partial charge on any atom is -0.481 e. The molecule has 1 N–H and O–H groups in total. The Bertz CT molecular complexity index is 503. The zero-order valence-corrected chi connectivity index (χ0v) is 8.92. The number of imidazole rings is 1. The Labute approximate surface area is 93.2 Å². The Morgan fingerprint density at radius 3 is 2.69 bits per heavy atom. The predicted molar refractivity (Wildman–Crippen MR) is 60.0 cm³/mol. The van der Waals surface area contributed by atoms with E-state index >= 15 is 0 Å². The molecular formula is C12H12N2O2. The van der Waals surface area contributed by atoms with Gasteiger partial charge in [-0.05, 0) is 0 Å². The fraction of sp³-hybridized carbons (Fsp3) is 0.167. The van der Waals surface area contributed by atoms with E-state index in [1.807, 2.05) is 41.9 Å². The van der Waals surface area contributed by atoms with Crippen molar-refractivity contribution in [3.8, 4) is 11.4 Å². The molecule has 0 saturated carbocycles. The van der Waals surface area contributed by atoms with E-state index in [0.717, 1.165) is 11.4 Å². The molecular weight excluding hydrogens is 204 g/mol. The van der Waals surface area contributed by atoms with Crippen LogP contribution in [0.4, 0.5) is 0 Å². The first kappa shape index (κ1) is 10.4. The highest BCUT2D eigenvalue weighted by atomic mass is 16.4. The summed E-state index contributed by atoms with van der Waals surface area (Å²) in [6, 6.07) is 9.70. The Hall–Kier alpha value is -2.10. The molecule has 0 fully saturated rings. The van der Waals surface area contributed by atoms with Gasteiger partial charge >= 0.3 is 5.97 Å². The molecule has 0 bridgehead atoms. The Kier molecular flexibility index (Phi) is 2.72. The molecule has 0 aliphatic carbocycles. The number of aliphatic carboxylic acids is 1. The van der Waals surface area contributed by atoms with E-state index in [2.05, 4.69) is 4.98 Å². The van der Waals surface area contributed by atoms with E-state index < -0.39 is 5.97 Å². The smallest absolute Gasteiger partial charge is 0.309 e. The van der Waals surface area contributed by atoms with Crippen molar-refractivity contribution in [3.63, 3.8) is 0 Å². The van der Waals surface area contributed by atoms with E-state index in [0.29, 0.717) is 5.69 Å². The maximum absolute atomic E-state index is 10.6. The standard InChI is InChI=1S/C12H12N2O2/c1-14-10(7-11(15)16)8-13-12(14)9-5-3-2-4-6-9/h2-6,8H,7H2,1H3,(H,15,16). The first-order valence-electron chi connectivity index (χ1n) is 4.96. The third kappa shape index (κ3) is 1.95. The first-order chi connectivity index (χ1) is 7.68. The third-order valence-electron chi connectivity index (χ3n) is 2.45.